The van der Waals surface area contributed by atoms with E-state index < -0.39 is 41.0 Å². The Kier molecular flexibility index (Phi) is 6.14. The van der Waals surface area contributed by atoms with Gasteiger partial charge in [-0.1, -0.05) is 0 Å². The second kappa shape index (κ2) is 8.14. The molecule has 3 rings (SSSR count). The van der Waals surface area contributed by atoms with Crippen molar-refractivity contribution in [2.45, 2.75) is 50.6 Å². The molecular formula is C19H22F6N2O2. The molecule has 10 heteroatoms. The fourth-order valence-electron chi connectivity index (χ4n) is 4.09. The maximum absolute atomic E-state index is 13.5. The number of alkyl halides is 6. The zero-order valence-corrected chi connectivity index (χ0v) is 15.8. The van der Waals surface area contributed by atoms with Crippen molar-refractivity contribution in [3.63, 3.8) is 0 Å². The number of carbonyl (C=O) groups excluding carboxylic acids is 1. The number of likely N-dealkylation sites (tertiary alicyclic amines) is 1. The molecule has 0 bridgehead atoms. The van der Waals surface area contributed by atoms with Crippen molar-refractivity contribution >= 4 is 5.91 Å². The standard InChI is InChI=1S/C19H22F6N2O2/c1-11-8-12(18(20,21)22)9-13(19(23,24)25)16(11)17(28)26-14-10-29-7-4-15(14)27-5-2-3-6-27/h8-9,14-15H,2-7,10H2,1H3,(H,26,28)/t14?,15-/m0/s1. The van der Waals surface area contributed by atoms with Crippen molar-refractivity contribution < 1.29 is 35.9 Å². The Balaban J connectivity index is 1.91. The van der Waals surface area contributed by atoms with E-state index in [0.29, 0.717) is 19.1 Å². The van der Waals surface area contributed by atoms with Gasteiger partial charge in [-0.05, 0) is 57.0 Å². The van der Waals surface area contributed by atoms with Crippen LogP contribution in [-0.2, 0) is 17.1 Å². The molecular weight excluding hydrogens is 402 g/mol. The predicted molar refractivity (Wildman–Crippen MR) is 92.5 cm³/mol. The molecule has 2 saturated heterocycles. The number of rotatable bonds is 3. The van der Waals surface area contributed by atoms with Crippen molar-refractivity contribution in [3.05, 3.63) is 34.4 Å². The summed E-state index contributed by atoms with van der Waals surface area (Å²) in [6, 6.07) is -0.0344. The molecule has 1 aromatic rings. The molecule has 162 valence electrons. The van der Waals surface area contributed by atoms with Crippen LogP contribution in [0.4, 0.5) is 26.3 Å². The Labute approximate surface area is 164 Å². The number of hydrogen-bond acceptors (Lipinski definition) is 3. The van der Waals surface area contributed by atoms with Crippen LogP contribution in [0.15, 0.2) is 12.1 Å². The molecule has 2 heterocycles. The molecule has 29 heavy (non-hydrogen) atoms. The summed E-state index contributed by atoms with van der Waals surface area (Å²) in [5.41, 5.74) is -4.18. The molecule has 2 fully saturated rings. The first-order valence-electron chi connectivity index (χ1n) is 9.40. The van der Waals surface area contributed by atoms with Crippen LogP contribution >= 0.6 is 0 Å². The maximum atomic E-state index is 13.5. The number of nitrogens with one attached hydrogen (secondary N) is 1. The van der Waals surface area contributed by atoms with E-state index in [2.05, 4.69) is 10.2 Å². The number of carbonyl (C=O) groups is 1. The normalized spacial score (nSPS) is 24.0. The van der Waals surface area contributed by atoms with E-state index in [0.717, 1.165) is 32.9 Å². The van der Waals surface area contributed by atoms with Crippen molar-refractivity contribution in [1.29, 1.82) is 0 Å². The minimum absolute atomic E-state index is 0.00274. The molecule has 0 saturated carbocycles. The van der Waals surface area contributed by atoms with E-state index in [1.165, 1.54) is 0 Å². The van der Waals surface area contributed by atoms with E-state index >= 15 is 0 Å². The van der Waals surface area contributed by atoms with Crippen LogP contribution in [-0.4, -0.2) is 49.2 Å². The zero-order chi connectivity index (χ0) is 21.4. The minimum Gasteiger partial charge on any atom is -0.379 e. The number of ether oxygens (including phenoxy) is 1. The van der Waals surface area contributed by atoms with Gasteiger partial charge in [-0.25, -0.2) is 0 Å². The van der Waals surface area contributed by atoms with Crippen LogP contribution < -0.4 is 5.32 Å². The van der Waals surface area contributed by atoms with E-state index in [1.807, 2.05) is 0 Å². The first kappa shape index (κ1) is 21.9. The van der Waals surface area contributed by atoms with Gasteiger partial charge >= 0.3 is 12.4 Å². The second-order valence-corrected chi connectivity index (χ2v) is 7.47. The van der Waals surface area contributed by atoms with Gasteiger partial charge in [0.25, 0.3) is 5.91 Å². The molecule has 1 aromatic carbocycles. The Morgan fingerprint density at radius 3 is 2.34 bits per heavy atom. The van der Waals surface area contributed by atoms with Gasteiger partial charge < -0.3 is 10.1 Å². The third-order valence-electron chi connectivity index (χ3n) is 5.44. The Morgan fingerprint density at radius 2 is 1.76 bits per heavy atom. The number of halogens is 6. The van der Waals surface area contributed by atoms with E-state index in [1.54, 1.807) is 0 Å². The molecule has 2 aliphatic heterocycles. The summed E-state index contributed by atoms with van der Waals surface area (Å²) in [6.45, 7) is 3.39. The van der Waals surface area contributed by atoms with Gasteiger partial charge in [0, 0.05) is 12.6 Å². The van der Waals surface area contributed by atoms with E-state index in [-0.39, 0.29) is 24.3 Å². The predicted octanol–water partition coefficient (Wildman–Crippen LogP) is 4.02. The smallest absolute Gasteiger partial charge is 0.379 e. The van der Waals surface area contributed by atoms with Gasteiger partial charge in [-0.3, -0.25) is 9.69 Å². The third-order valence-corrected chi connectivity index (χ3v) is 5.44. The zero-order valence-electron chi connectivity index (χ0n) is 15.8. The highest BCUT2D eigenvalue weighted by atomic mass is 19.4. The largest absolute Gasteiger partial charge is 0.417 e. The summed E-state index contributed by atoms with van der Waals surface area (Å²) in [4.78, 5) is 14.9. The molecule has 0 spiro atoms. The lowest BCUT2D eigenvalue weighted by Crippen LogP contribution is -2.56. The summed E-state index contributed by atoms with van der Waals surface area (Å²) in [7, 11) is 0. The molecule has 2 aliphatic rings. The van der Waals surface area contributed by atoms with Crippen molar-refractivity contribution in [1.82, 2.24) is 10.2 Å². The first-order valence-corrected chi connectivity index (χ1v) is 9.40. The second-order valence-electron chi connectivity index (χ2n) is 7.47. The highest BCUT2D eigenvalue weighted by molar-refractivity contribution is 5.97. The van der Waals surface area contributed by atoms with Gasteiger partial charge in [0.2, 0.25) is 0 Å². The van der Waals surface area contributed by atoms with Crippen LogP contribution in [0.1, 0.15) is 46.3 Å². The van der Waals surface area contributed by atoms with Gasteiger partial charge in [0.1, 0.15) is 0 Å². The molecule has 1 unspecified atom stereocenters. The average Bonchev–Trinajstić information content (AvgIpc) is 3.14. The third kappa shape index (κ3) is 4.85. The number of hydrogen-bond donors (Lipinski definition) is 1. The fourth-order valence-corrected chi connectivity index (χ4v) is 4.09. The fraction of sp³-hybridized carbons (Fsp3) is 0.632. The summed E-state index contributed by atoms with van der Waals surface area (Å²) >= 11 is 0. The molecule has 1 amide bonds. The summed E-state index contributed by atoms with van der Waals surface area (Å²) in [5, 5.41) is 2.59. The van der Waals surface area contributed by atoms with Crippen molar-refractivity contribution in [3.8, 4) is 0 Å². The quantitative estimate of drug-likeness (QED) is 0.746. The van der Waals surface area contributed by atoms with Crippen LogP contribution in [0.5, 0.6) is 0 Å². The molecule has 4 nitrogen and oxygen atoms in total. The number of nitrogens with zero attached hydrogens (tertiary/aromatic N) is 1. The lowest BCUT2D eigenvalue weighted by atomic mass is 9.95. The highest BCUT2D eigenvalue weighted by Gasteiger charge is 2.41. The molecule has 0 radical (unpaired) electrons. The van der Waals surface area contributed by atoms with E-state index in [4.69, 9.17) is 4.74 Å². The monoisotopic (exact) mass is 424 g/mol. The van der Waals surface area contributed by atoms with Crippen molar-refractivity contribution in [2.75, 3.05) is 26.3 Å². The van der Waals surface area contributed by atoms with Gasteiger partial charge in [-0.2, -0.15) is 26.3 Å². The SMILES string of the molecule is Cc1cc(C(F)(F)F)cc(C(F)(F)F)c1C(=O)NC1COCC[C@@H]1N1CCCC1. The van der Waals surface area contributed by atoms with E-state index in [9.17, 15) is 31.1 Å². The Morgan fingerprint density at radius 1 is 1.10 bits per heavy atom. The van der Waals surface area contributed by atoms with Gasteiger partial charge in [0.05, 0.1) is 29.3 Å². The number of benzene rings is 1. The van der Waals surface area contributed by atoms with Crippen LogP contribution in [0.3, 0.4) is 0 Å². The Hall–Kier alpha value is -1.81. The minimum atomic E-state index is -5.10. The molecule has 2 atom stereocenters. The van der Waals surface area contributed by atoms with Gasteiger partial charge in [0.15, 0.2) is 0 Å². The maximum Gasteiger partial charge on any atom is 0.417 e. The topological polar surface area (TPSA) is 41.6 Å². The lowest BCUT2D eigenvalue weighted by Gasteiger charge is -2.38. The van der Waals surface area contributed by atoms with Crippen molar-refractivity contribution in [2.24, 2.45) is 0 Å². The summed E-state index contributed by atoms with van der Waals surface area (Å²) in [6.07, 6.45) is -7.40. The molecule has 0 aliphatic carbocycles. The van der Waals surface area contributed by atoms with Crippen LogP contribution in [0.2, 0.25) is 0 Å². The van der Waals surface area contributed by atoms with Gasteiger partial charge in [-0.15, -0.1) is 0 Å². The lowest BCUT2D eigenvalue weighted by molar-refractivity contribution is -0.143. The highest BCUT2D eigenvalue weighted by Crippen LogP contribution is 2.39. The summed E-state index contributed by atoms with van der Waals surface area (Å²) in [5.74, 6) is -1.04. The average molecular weight is 424 g/mol. The number of amides is 1. The molecule has 1 N–H and O–H groups in total. The number of aryl methyl sites for hydroxylation is 1. The van der Waals surface area contributed by atoms with Crippen LogP contribution in [0.25, 0.3) is 0 Å². The Bertz CT molecular complexity index is 756. The summed E-state index contributed by atoms with van der Waals surface area (Å²) < 4.78 is 84.7. The van der Waals surface area contributed by atoms with Crippen LogP contribution in [0, 0.1) is 6.92 Å². The first-order chi connectivity index (χ1) is 13.5. The molecule has 0 aromatic heterocycles.